The predicted octanol–water partition coefficient (Wildman–Crippen LogP) is 2.70. The summed E-state index contributed by atoms with van der Waals surface area (Å²) in [6.07, 6.45) is -4.79. The first-order valence-electron chi connectivity index (χ1n) is 6.28. The lowest BCUT2D eigenvalue weighted by Crippen LogP contribution is -2.32. The van der Waals surface area contributed by atoms with E-state index in [4.69, 9.17) is 0 Å². The van der Waals surface area contributed by atoms with Crippen LogP contribution in [0.4, 0.5) is 13.2 Å². The smallest absolute Gasteiger partial charge is 0.421 e. The maximum Gasteiger partial charge on any atom is 0.421 e. The van der Waals surface area contributed by atoms with Gasteiger partial charge in [0.25, 0.3) is 5.56 Å². The van der Waals surface area contributed by atoms with Crippen molar-refractivity contribution in [3.05, 3.63) is 69.6 Å². The molecule has 0 aliphatic heterocycles. The zero-order chi connectivity index (χ0) is 16.3. The molecule has 116 valence electrons. The molecule has 0 aliphatic rings. The van der Waals surface area contributed by atoms with Gasteiger partial charge in [0.1, 0.15) is 11.3 Å². The monoisotopic (exact) mass is 311 g/mol. The van der Waals surface area contributed by atoms with Gasteiger partial charge in [0, 0.05) is 0 Å². The summed E-state index contributed by atoms with van der Waals surface area (Å²) in [7, 11) is 1.09. The Bertz CT molecular complexity index is 736. The molecule has 1 aromatic carbocycles. The highest BCUT2D eigenvalue weighted by Gasteiger charge is 2.35. The number of esters is 1. The second-order valence-corrected chi connectivity index (χ2v) is 4.50. The maximum atomic E-state index is 12.9. The lowest BCUT2D eigenvalue weighted by molar-refractivity contribution is -0.139. The fraction of sp³-hybridized carbons (Fsp3) is 0.200. The van der Waals surface area contributed by atoms with Gasteiger partial charge >= 0.3 is 12.1 Å². The maximum absolute atomic E-state index is 12.9. The molecule has 0 bridgehead atoms. The van der Waals surface area contributed by atoms with Crippen molar-refractivity contribution >= 4 is 5.97 Å². The molecule has 2 rings (SSSR count). The lowest BCUT2D eigenvalue weighted by atomic mass is 10.2. The van der Waals surface area contributed by atoms with Gasteiger partial charge in [-0.3, -0.25) is 9.36 Å². The Labute approximate surface area is 123 Å². The Morgan fingerprint density at radius 1 is 1.14 bits per heavy atom. The zero-order valence-corrected chi connectivity index (χ0v) is 11.6. The molecule has 0 aliphatic carbocycles. The summed E-state index contributed by atoms with van der Waals surface area (Å²) in [6, 6.07) is 9.94. The number of alkyl halides is 3. The van der Waals surface area contributed by atoms with Crippen LogP contribution >= 0.6 is 0 Å². The van der Waals surface area contributed by atoms with Gasteiger partial charge in [0.2, 0.25) is 0 Å². The number of methoxy groups -OCH3 is 1. The van der Waals surface area contributed by atoms with E-state index in [1.807, 2.05) is 0 Å². The van der Waals surface area contributed by atoms with Gasteiger partial charge in [-0.05, 0) is 17.7 Å². The normalized spacial score (nSPS) is 11.3. The molecule has 0 spiro atoms. The van der Waals surface area contributed by atoms with E-state index in [2.05, 4.69) is 4.74 Å². The van der Waals surface area contributed by atoms with E-state index in [0.717, 1.165) is 17.7 Å². The van der Waals surface area contributed by atoms with E-state index in [0.29, 0.717) is 11.6 Å². The van der Waals surface area contributed by atoms with Gasteiger partial charge in [-0.15, -0.1) is 0 Å². The molecular formula is C15H12F3NO3. The Morgan fingerprint density at radius 2 is 1.77 bits per heavy atom. The van der Waals surface area contributed by atoms with Crippen molar-refractivity contribution in [1.29, 1.82) is 0 Å². The highest BCUT2D eigenvalue weighted by molar-refractivity contribution is 5.87. The van der Waals surface area contributed by atoms with Crippen LogP contribution in [0.2, 0.25) is 0 Å². The highest BCUT2D eigenvalue weighted by atomic mass is 19.4. The highest BCUT2D eigenvalue weighted by Crippen LogP contribution is 2.26. The van der Waals surface area contributed by atoms with E-state index < -0.39 is 23.3 Å². The Kier molecular flexibility index (Phi) is 4.35. The topological polar surface area (TPSA) is 48.3 Å². The second kappa shape index (κ2) is 6.05. The van der Waals surface area contributed by atoms with E-state index in [-0.39, 0.29) is 12.2 Å². The fourth-order valence-electron chi connectivity index (χ4n) is 2.00. The molecule has 0 saturated heterocycles. The van der Waals surface area contributed by atoms with Crippen molar-refractivity contribution in [3.63, 3.8) is 0 Å². The average Bonchev–Trinajstić information content (AvgIpc) is 2.48. The summed E-state index contributed by atoms with van der Waals surface area (Å²) >= 11 is 0. The number of hydrogen-bond acceptors (Lipinski definition) is 3. The van der Waals surface area contributed by atoms with Gasteiger partial charge in [-0.25, -0.2) is 4.79 Å². The quantitative estimate of drug-likeness (QED) is 0.819. The third kappa shape index (κ3) is 3.19. The molecule has 1 aromatic heterocycles. The molecule has 0 atom stereocenters. The Morgan fingerprint density at radius 3 is 2.32 bits per heavy atom. The molecule has 4 nitrogen and oxygen atoms in total. The third-order valence-electron chi connectivity index (χ3n) is 3.06. The standard InChI is InChI=1S/C15H12F3NO3/c1-22-14(21)12-8-7-11(15(16,17)18)13(20)19(12)9-10-5-3-2-4-6-10/h2-8H,9H2,1H3. The molecular weight excluding hydrogens is 299 g/mol. The molecule has 0 saturated carbocycles. The number of hydrogen-bond donors (Lipinski definition) is 0. The number of halogens is 3. The van der Waals surface area contributed by atoms with Crippen LogP contribution in [0, 0.1) is 0 Å². The van der Waals surface area contributed by atoms with Crippen LogP contribution in [0.15, 0.2) is 47.3 Å². The van der Waals surface area contributed by atoms with Crippen LogP contribution in [0.3, 0.4) is 0 Å². The van der Waals surface area contributed by atoms with E-state index in [1.165, 1.54) is 0 Å². The van der Waals surface area contributed by atoms with E-state index in [9.17, 15) is 22.8 Å². The molecule has 0 fully saturated rings. The molecule has 2 aromatic rings. The van der Waals surface area contributed by atoms with Gasteiger partial charge in [-0.1, -0.05) is 30.3 Å². The number of nitrogens with zero attached hydrogens (tertiary/aromatic N) is 1. The van der Waals surface area contributed by atoms with Crippen molar-refractivity contribution in [2.24, 2.45) is 0 Å². The lowest BCUT2D eigenvalue weighted by Gasteiger charge is -2.14. The van der Waals surface area contributed by atoms with Crippen LogP contribution in [0.25, 0.3) is 0 Å². The van der Waals surface area contributed by atoms with Crippen LogP contribution in [-0.4, -0.2) is 17.6 Å². The first-order valence-corrected chi connectivity index (χ1v) is 6.28. The van der Waals surface area contributed by atoms with Crippen LogP contribution < -0.4 is 5.56 Å². The van der Waals surface area contributed by atoms with Crippen molar-refractivity contribution in [3.8, 4) is 0 Å². The minimum atomic E-state index is -4.79. The summed E-state index contributed by atoms with van der Waals surface area (Å²) in [4.78, 5) is 23.8. The van der Waals surface area contributed by atoms with Crippen molar-refractivity contribution in [1.82, 2.24) is 4.57 Å². The summed E-state index contributed by atoms with van der Waals surface area (Å²) in [6.45, 7) is -0.159. The number of carbonyl (C=O) groups excluding carboxylic acids is 1. The molecule has 0 unspecified atom stereocenters. The van der Waals surface area contributed by atoms with Crippen molar-refractivity contribution in [2.45, 2.75) is 12.7 Å². The number of benzene rings is 1. The molecule has 7 heteroatoms. The van der Waals surface area contributed by atoms with Gasteiger partial charge in [-0.2, -0.15) is 13.2 Å². The number of rotatable bonds is 3. The fourth-order valence-corrected chi connectivity index (χ4v) is 2.00. The third-order valence-corrected chi connectivity index (χ3v) is 3.06. The van der Waals surface area contributed by atoms with E-state index >= 15 is 0 Å². The average molecular weight is 311 g/mol. The molecule has 0 N–H and O–H groups in total. The SMILES string of the molecule is COC(=O)c1ccc(C(F)(F)F)c(=O)n1Cc1ccccc1. The first-order chi connectivity index (χ1) is 10.3. The largest absolute Gasteiger partial charge is 0.464 e. The van der Waals surface area contributed by atoms with E-state index in [1.54, 1.807) is 30.3 Å². The zero-order valence-electron chi connectivity index (χ0n) is 11.6. The first kappa shape index (κ1) is 15.8. The minimum absolute atomic E-state index is 0.159. The summed E-state index contributed by atoms with van der Waals surface area (Å²) < 4.78 is 43.8. The second-order valence-electron chi connectivity index (χ2n) is 4.50. The number of ether oxygens (including phenoxy) is 1. The summed E-state index contributed by atoms with van der Waals surface area (Å²) in [5, 5.41) is 0. The van der Waals surface area contributed by atoms with Gasteiger partial charge in [0.15, 0.2) is 0 Å². The Balaban J connectivity index is 2.61. The number of carbonyl (C=O) groups is 1. The van der Waals surface area contributed by atoms with Crippen LogP contribution in [-0.2, 0) is 17.5 Å². The van der Waals surface area contributed by atoms with Crippen LogP contribution in [0.5, 0.6) is 0 Å². The molecule has 0 radical (unpaired) electrons. The molecule has 1 heterocycles. The van der Waals surface area contributed by atoms with Crippen LogP contribution in [0.1, 0.15) is 21.6 Å². The molecule has 0 amide bonds. The van der Waals surface area contributed by atoms with Crippen molar-refractivity contribution < 1.29 is 22.7 Å². The van der Waals surface area contributed by atoms with Crippen molar-refractivity contribution in [2.75, 3.05) is 7.11 Å². The molecule has 22 heavy (non-hydrogen) atoms. The Hall–Kier alpha value is -2.57. The predicted molar refractivity (Wildman–Crippen MR) is 72.6 cm³/mol. The minimum Gasteiger partial charge on any atom is -0.464 e. The summed E-state index contributed by atoms with van der Waals surface area (Å²) in [5.74, 6) is -0.873. The van der Waals surface area contributed by atoms with Gasteiger partial charge < -0.3 is 4.74 Å². The summed E-state index contributed by atoms with van der Waals surface area (Å²) in [5.41, 5.74) is -2.24. The van der Waals surface area contributed by atoms with Gasteiger partial charge in [0.05, 0.1) is 13.7 Å². The number of aromatic nitrogens is 1. The number of pyridine rings is 1.